The number of halogens is 3. The molecule has 1 N–H and O–H groups in total. The number of hydrogen-bond donors (Lipinski definition) is 1. The van der Waals surface area contributed by atoms with Crippen LogP contribution in [0.1, 0.15) is 25.0 Å². The van der Waals surface area contributed by atoms with Crippen molar-refractivity contribution in [2.75, 3.05) is 12.0 Å². The number of alkyl halides is 3. The van der Waals surface area contributed by atoms with Crippen molar-refractivity contribution in [1.82, 2.24) is 5.32 Å². The third-order valence-corrected chi connectivity index (χ3v) is 4.70. The van der Waals surface area contributed by atoms with Crippen LogP contribution >= 0.6 is 12.2 Å². The molecule has 0 unspecified atom stereocenters. The fraction of sp³-hybridized carbons (Fsp3) is 0.227. The number of carbonyl (C=O) groups excluding carboxylic acids is 2. The van der Waals surface area contributed by atoms with E-state index in [4.69, 9.17) is 21.7 Å². The average molecular weight is 464 g/mol. The summed E-state index contributed by atoms with van der Waals surface area (Å²) in [6, 6.07) is 9.05. The highest BCUT2D eigenvalue weighted by Crippen LogP contribution is 2.35. The summed E-state index contributed by atoms with van der Waals surface area (Å²) in [5.74, 6) is -0.934. The number of rotatable bonds is 5. The summed E-state index contributed by atoms with van der Waals surface area (Å²) < 4.78 is 50.5. The Morgan fingerprint density at radius 2 is 1.81 bits per heavy atom. The molecule has 1 fully saturated rings. The summed E-state index contributed by atoms with van der Waals surface area (Å²) in [4.78, 5) is 26.5. The second kappa shape index (κ2) is 8.99. The number of benzene rings is 2. The van der Waals surface area contributed by atoms with E-state index in [0.29, 0.717) is 17.1 Å². The maximum atomic E-state index is 13.2. The van der Waals surface area contributed by atoms with Crippen molar-refractivity contribution in [3.63, 3.8) is 0 Å². The van der Waals surface area contributed by atoms with E-state index >= 15 is 0 Å². The van der Waals surface area contributed by atoms with Gasteiger partial charge < -0.3 is 9.47 Å². The number of ether oxygens (including phenoxy) is 2. The molecule has 0 aromatic heterocycles. The summed E-state index contributed by atoms with van der Waals surface area (Å²) in [7, 11) is 1.45. The third kappa shape index (κ3) is 4.75. The van der Waals surface area contributed by atoms with E-state index in [-0.39, 0.29) is 22.5 Å². The minimum Gasteiger partial charge on any atom is -0.493 e. The van der Waals surface area contributed by atoms with E-state index in [2.05, 4.69) is 5.32 Å². The van der Waals surface area contributed by atoms with Crippen LogP contribution in [0, 0.1) is 0 Å². The summed E-state index contributed by atoms with van der Waals surface area (Å²) in [5, 5.41) is 2.03. The SMILES string of the molecule is COc1cccc(/C=C2\C(=O)NC(=S)N(c3cccc(C(F)(F)F)c3)C2=O)c1OC(C)C. The Bertz CT molecular complexity index is 1110. The molecule has 2 aromatic carbocycles. The van der Waals surface area contributed by atoms with Crippen LogP contribution in [-0.4, -0.2) is 30.1 Å². The van der Waals surface area contributed by atoms with E-state index in [0.717, 1.165) is 23.1 Å². The second-order valence-electron chi connectivity index (χ2n) is 7.05. The lowest BCUT2D eigenvalue weighted by Gasteiger charge is -2.29. The average Bonchev–Trinajstić information content (AvgIpc) is 2.71. The standard InChI is InChI=1S/C22H19F3N2O4S/c1-12(2)31-18-13(6-4-9-17(18)30-3)10-16-19(28)26-21(32)27(20(16)29)15-8-5-7-14(11-15)22(23,24)25/h4-12H,1-3H3,(H,26,28,32)/b16-10+. The van der Waals surface area contributed by atoms with Crippen molar-refractivity contribution in [3.05, 3.63) is 59.2 Å². The van der Waals surface area contributed by atoms with Gasteiger partial charge in [-0.2, -0.15) is 13.2 Å². The molecule has 0 aliphatic carbocycles. The predicted octanol–water partition coefficient (Wildman–Crippen LogP) is 4.33. The van der Waals surface area contributed by atoms with E-state index in [1.807, 2.05) is 0 Å². The third-order valence-electron chi connectivity index (χ3n) is 4.42. The number of carbonyl (C=O) groups is 2. The van der Waals surface area contributed by atoms with Gasteiger partial charge in [0.1, 0.15) is 5.57 Å². The highest BCUT2D eigenvalue weighted by Gasteiger charge is 2.37. The molecule has 0 saturated carbocycles. The van der Waals surface area contributed by atoms with E-state index in [1.54, 1.807) is 32.0 Å². The van der Waals surface area contributed by atoms with Crippen molar-refractivity contribution in [3.8, 4) is 11.5 Å². The lowest BCUT2D eigenvalue weighted by molar-refractivity contribution is -0.137. The first kappa shape index (κ1) is 23.3. The Morgan fingerprint density at radius 3 is 2.44 bits per heavy atom. The zero-order chi connectivity index (χ0) is 23.6. The summed E-state index contributed by atoms with van der Waals surface area (Å²) in [6.07, 6.45) is -3.55. The fourth-order valence-electron chi connectivity index (χ4n) is 3.04. The van der Waals surface area contributed by atoms with E-state index in [9.17, 15) is 22.8 Å². The van der Waals surface area contributed by atoms with Gasteiger partial charge in [-0.15, -0.1) is 0 Å². The second-order valence-corrected chi connectivity index (χ2v) is 7.44. The lowest BCUT2D eigenvalue weighted by Crippen LogP contribution is -2.54. The van der Waals surface area contributed by atoms with Crippen LogP contribution in [0.5, 0.6) is 11.5 Å². The highest BCUT2D eigenvalue weighted by atomic mass is 32.1. The number of anilines is 1. The van der Waals surface area contributed by atoms with Crippen LogP contribution in [0.4, 0.5) is 18.9 Å². The van der Waals surface area contributed by atoms with Crippen molar-refractivity contribution in [2.24, 2.45) is 0 Å². The molecule has 3 rings (SSSR count). The number of nitrogens with zero attached hydrogens (tertiary/aromatic N) is 1. The summed E-state index contributed by atoms with van der Waals surface area (Å²) in [6.45, 7) is 3.60. The lowest BCUT2D eigenvalue weighted by atomic mass is 10.0. The zero-order valence-corrected chi connectivity index (χ0v) is 18.1. The molecule has 1 aliphatic rings. The van der Waals surface area contributed by atoms with Gasteiger partial charge in [-0.1, -0.05) is 18.2 Å². The van der Waals surface area contributed by atoms with Gasteiger partial charge in [0.05, 0.1) is 24.5 Å². The van der Waals surface area contributed by atoms with Crippen LogP contribution < -0.4 is 19.7 Å². The normalized spacial score (nSPS) is 15.9. The van der Waals surface area contributed by atoms with Crippen molar-refractivity contribution >= 4 is 40.9 Å². The largest absolute Gasteiger partial charge is 0.493 e. The molecule has 10 heteroatoms. The minimum absolute atomic E-state index is 0.120. The van der Waals surface area contributed by atoms with Gasteiger partial charge >= 0.3 is 6.18 Å². The molecule has 0 spiro atoms. The number of nitrogens with one attached hydrogen (secondary N) is 1. The number of hydrogen-bond acceptors (Lipinski definition) is 5. The van der Waals surface area contributed by atoms with Gasteiger partial charge in [-0.25, -0.2) is 0 Å². The predicted molar refractivity (Wildman–Crippen MR) is 116 cm³/mol. The molecule has 0 bridgehead atoms. The molecule has 168 valence electrons. The Morgan fingerprint density at radius 1 is 1.12 bits per heavy atom. The molecule has 2 amide bonds. The summed E-state index contributed by atoms with van der Waals surface area (Å²) in [5.41, 5.74) is -1.01. The van der Waals surface area contributed by atoms with E-state index in [1.165, 1.54) is 19.3 Å². The van der Waals surface area contributed by atoms with Gasteiger partial charge in [-0.05, 0) is 56.4 Å². The monoisotopic (exact) mass is 464 g/mol. The molecule has 32 heavy (non-hydrogen) atoms. The number of thiocarbonyl (C=S) groups is 1. The van der Waals surface area contributed by atoms with Crippen LogP contribution in [0.3, 0.4) is 0 Å². The van der Waals surface area contributed by atoms with Crippen LogP contribution in [0.2, 0.25) is 0 Å². The van der Waals surface area contributed by atoms with Crippen LogP contribution in [0.25, 0.3) is 6.08 Å². The highest BCUT2D eigenvalue weighted by molar-refractivity contribution is 7.80. The Kier molecular flexibility index (Phi) is 6.54. The number of methoxy groups -OCH3 is 1. The molecular weight excluding hydrogens is 445 g/mol. The smallest absolute Gasteiger partial charge is 0.416 e. The van der Waals surface area contributed by atoms with Gasteiger partial charge in [-0.3, -0.25) is 19.8 Å². The van der Waals surface area contributed by atoms with Crippen molar-refractivity contribution in [1.29, 1.82) is 0 Å². The Labute approximate surface area is 187 Å². The Balaban J connectivity index is 2.08. The molecular formula is C22H19F3N2O4S. The van der Waals surface area contributed by atoms with Gasteiger partial charge in [0.2, 0.25) is 0 Å². The van der Waals surface area contributed by atoms with E-state index < -0.39 is 23.6 Å². The molecule has 0 radical (unpaired) electrons. The van der Waals surface area contributed by atoms with Crippen LogP contribution in [-0.2, 0) is 15.8 Å². The van der Waals surface area contributed by atoms with Gasteiger partial charge in [0.15, 0.2) is 16.6 Å². The van der Waals surface area contributed by atoms with Gasteiger partial charge in [0.25, 0.3) is 11.8 Å². The first-order chi connectivity index (χ1) is 15.0. The minimum atomic E-state index is -4.61. The number of amides is 2. The topological polar surface area (TPSA) is 67.9 Å². The number of para-hydroxylation sites is 1. The molecule has 2 aromatic rings. The zero-order valence-electron chi connectivity index (χ0n) is 17.3. The maximum Gasteiger partial charge on any atom is 0.416 e. The molecule has 0 atom stereocenters. The fourth-order valence-corrected chi connectivity index (χ4v) is 3.32. The van der Waals surface area contributed by atoms with Crippen molar-refractivity contribution in [2.45, 2.75) is 26.1 Å². The molecule has 1 heterocycles. The molecule has 1 aliphatic heterocycles. The molecule has 1 saturated heterocycles. The Hall–Kier alpha value is -3.40. The summed E-state index contributed by atoms with van der Waals surface area (Å²) >= 11 is 5.06. The van der Waals surface area contributed by atoms with Gasteiger partial charge in [0, 0.05) is 5.56 Å². The van der Waals surface area contributed by atoms with Crippen LogP contribution in [0.15, 0.2) is 48.0 Å². The molecule has 6 nitrogen and oxygen atoms in total. The van der Waals surface area contributed by atoms with Crippen molar-refractivity contribution < 1.29 is 32.2 Å². The quantitative estimate of drug-likeness (QED) is 0.405. The maximum absolute atomic E-state index is 13.2. The first-order valence-electron chi connectivity index (χ1n) is 9.45. The first-order valence-corrected chi connectivity index (χ1v) is 9.86.